The quantitative estimate of drug-likeness (QED) is 0.468. The molecule has 5 rings (SSSR count). The summed E-state index contributed by atoms with van der Waals surface area (Å²) in [5.74, 6) is 0. The lowest BCUT2D eigenvalue weighted by atomic mass is 9.49. The van der Waals surface area contributed by atoms with Crippen LogP contribution in [0.5, 0.6) is 0 Å². The van der Waals surface area contributed by atoms with Crippen LogP contribution in [0, 0.1) is 0 Å². The molecule has 14 heteroatoms. The van der Waals surface area contributed by atoms with E-state index in [1.165, 1.54) is 12.1 Å². The van der Waals surface area contributed by atoms with Crippen molar-refractivity contribution < 1.29 is 27.9 Å². The number of hydrogen-bond acceptors (Lipinski definition) is 8. The molecule has 2 aromatic heterocycles. The first-order valence-corrected chi connectivity index (χ1v) is 14.9. The molecule has 42 heavy (non-hydrogen) atoms. The van der Waals surface area contributed by atoms with E-state index in [1.54, 1.807) is 24.5 Å². The van der Waals surface area contributed by atoms with Crippen molar-refractivity contribution in [3.63, 3.8) is 0 Å². The third-order valence-electron chi connectivity index (χ3n) is 8.83. The highest BCUT2D eigenvalue weighted by molar-refractivity contribution is 9.10. The Kier molecular flexibility index (Phi) is 9.97. The second kappa shape index (κ2) is 12.0. The third kappa shape index (κ3) is 7.69. The van der Waals surface area contributed by atoms with Crippen LogP contribution in [0.25, 0.3) is 0 Å². The number of halogens is 1. The van der Waals surface area contributed by atoms with E-state index < -0.39 is 21.1 Å². The molecule has 2 N–H and O–H groups in total. The molecule has 10 nitrogen and oxygen atoms in total. The molecule has 0 unspecified atom stereocenters. The topological polar surface area (TPSA) is 121 Å². The van der Waals surface area contributed by atoms with Crippen molar-refractivity contribution in [1.82, 2.24) is 9.97 Å². The van der Waals surface area contributed by atoms with Gasteiger partial charge < -0.3 is 37.9 Å². The minimum atomic E-state index is -0.476. The third-order valence-corrected chi connectivity index (χ3v) is 9.32. The largest absolute Gasteiger partial charge is 0.495 e. The smallest absolute Gasteiger partial charge is 0.405 e. The average Bonchev–Trinajstić information content (AvgIpc) is 3.28. The summed E-state index contributed by atoms with van der Waals surface area (Å²) in [5, 5.41) is 0. The number of hydrogen-bond donors (Lipinski definition) is 2. The molecule has 3 fully saturated rings. The van der Waals surface area contributed by atoms with E-state index in [4.69, 9.17) is 27.9 Å². The van der Waals surface area contributed by atoms with Gasteiger partial charge in [0.2, 0.25) is 11.1 Å². The molecule has 0 atom stereocenters. The van der Waals surface area contributed by atoms with Crippen molar-refractivity contribution in [3.05, 3.63) is 61.8 Å². The second-order valence-electron chi connectivity index (χ2n) is 13.7. The molecule has 5 heterocycles. The zero-order valence-electron chi connectivity index (χ0n) is 26.8. The molecule has 0 radical (unpaired) electrons. The van der Waals surface area contributed by atoms with E-state index in [0.717, 1.165) is 9.94 Å². The number of H-pyrrole nitrogens is 2. The Hall–Kier alpha value is -1.67. The molecule has 230 valence electrons. The molecule has 0 aromatic carbocycles. The van der Waals surface area contributed by atoms with Crippen LogP contribution in [-0.2, 0) is 27.9 Å². The van der Waals surface area contributed by atoms with Gasteiger partial charge in [-0.25, -0.2) is 0 Å². The Morgan fingerprint density at radius 1 is 0.548 bits per heavy atom. The number of aromatic amines is 2. The van der Waals surface area contributed by atoms with Crippen LogP contribution >= 0.6 is 15.9 Å². The van der Waals surface area contributed by atoms with E-state index in [-0.39, 0.29) is 44.7 Å². The predicted octanol–water partition coefficient (Wildman–Crippen LogP) is 4.06. The Morgan fingerprint density at radius 3 is 1.19 bits per heavy atom. The van der Waals surface area contributed by atoms with Gasteiger partial charge in [0.15, 0.2) is 0 Å². The molecule has 2 aromatic rings. The van der Waals surface area contributed by atoms with Gasteiger partial charge in [-0.05, 0) is 101 Å². The summed E-state index contributed by atoms with van der Waals surface area (Å²) in [6.45, 7) is 24.2. The van der Waals surface area contributed by atoms with Crippen LogP contribution in [-0.4, -0.2) is 64.7 Å². The Bertz CT molecular complexity index is 1280. The molecule has 3 saturated heterocycles. The Morgan fingerprint density at radius 2 is 0.881 bits per heavy atom. The highest BCUT2D eigenvalue weighted by Crippen LogP contribution is 2.43. The minimum absolute atomic E-state index is 0.0839. The normalized spacial score (nSPS) is 24.0. The van der Waals surface area contributed by atoms with Crippen LogP contribution in [0.3, 0.4) is 0 Å². The SMILES string of the molecule is CC1(C)OB(B2OC(C)(C)C(C)(C)O2)OC1(C)C.CC1(C)OB(c2cc[nH]c(=O)c2)OC1(C)C.O=c1cc(Br)cc[nH]1. The first kappa shape index (κ1) is 34.8. The van der Waals surface area contributed by atoms with Gasteiger partial charge >= 0.3 is 21.1 Å². The highest BCUT2D eigenvalue weighted by Gasteiger charge is 2.63. The summed E-state index contributed by atoms with van der Waals surface area (Å²) in [7, 11) is -1.42. The molecule has 0 saturated carbocycles. The fourth-order valence-electron chi connectivity index (χ4n) is 4.00. The van der Waals surface area contributed by atoms with Crippen LogP contribution in [0.15, 0.2) is 50.7 Å². The van der Waals surface area contributed by atoms with E-state index >= 15 is 0 Å². The maximum absolute atomic E-state index is 11.2. The summed E-state index contributed by atoms with van der Waals surface area (Å²) in [4.78, 5) is 26.7. The van der Waals surface area contributed by atoms with Crippen molar-refractivity contribution in [2.24, 2.45) is 0 Å². The van der Waals surface area contributed by atoms with Crippen molar-refractivity contribution >= 4 is 42.5 Å². The van der Waals surface area contributed by atoms with E-state index in [2.05, 4.69) is 25.9 Å². The lowest BCUT2D eigenvalue weighted by molar-refractivity contribution is 0.00578. The van der Waals surface area contributed by atoms with Gasteiger partial charge in [-0.2, -0.15) is 0 Å². The van der Waals surface area contributed by atoms with Crippen molar-refractivity contribution in [1.29, 1.82) is 0 Å². The van der Waals surface area contributed by atoms with Crippen molar-refractivity contribution in [2.45, 2.75) is 117 Å². The van der Waals surface area contributed by atoms with Gasteiger partial charge in [-0.1, -0.05) is 15.9 Å². The monoisotopic (exact) mass is 648 g/mol. The predicted molar refractivity (Wildman–Crippen MR) is 170 cm³/mol. The summed E-state index contributed by atoms with van der Waals surface area (Å²) < 4.78 is 36.3. The Labute approximate surface area is 258 Å². The van der Waals surface area contributed by atoms with Crippen LogP contribution < -0.4 is 16.6 Å². The van der Waals surface area contributed by atoms with Gasteiger partial charge in [0.05, 0.1) is 33.6 Å². The summed E-state index contributed by atoms with van der Waals surface area (Å²) in [5.41, 5.74) is -1.67. The Balaban J connectivity index is 0.000000185. The van der Waals surface area contributed by atoms with E-state index in [0.29, 0.717) is 0 Å². The fraction of sp³-hybridized carbons (Fsp3) is 0.643. The molecule has 3 aliphatic rings. The number of nitrogens with one attached hydrogen (secondary N) is 2. The average molecular weight is 649 g/mol. The van der Waals surface area contributed by atoms with Gasteiger partial charge in [0, 0.05) is 29.0 Å². The first-order valence-electron chi connectivity index (χ1n) is 14.1. The lowest BCUT2D eigenvalue weighted by Gasteiger charge is -2.32. The van der Waals surface area contributed by atoms with Crippen LogP contribution in [0.4, 0.5) is 0 Å². The zero-order valence-corrected chi connectivity index (χ0v) is 28.4. The number of aromatic nitrogens is 2. The number of rotatable bonds is 2. The number of pyridine rings is 2. The van der Waals surface area contributed by atoms with Gasteiger partial charge in [-0.3, -0.25) is 9.59 Å². The summed E-state index contributed by atoms with van der Waals surface area (Å²) in [6, 6.07) is 6.53. The van der Waals surface area contributed by atoms with Crippen molar-refractivity contribution in [3.8, 4) is 0 Å². The molecule has 0 aliphatic carbocycles. The molecule has 0 bridgehead atoms. The van der Waals surface area contributed by atoms with Crippen LogP contribution in [0.1, 0.15) is 83.1 Å². The molecular weight excluding hydrogens is 605 g/mol. The minimum Gasteiger partial charge on any atom is -0.405 e. The van der Waals surface area contributed by atoms with Crippen LogP contribution in [0.2, 0.25) is 0 Å². The zero-order chi connectivity index (χ0) is 31.9. The van der Waals surface area contributed by atoms with Gasteiger partial charge in [-0.15, -0.1) is 0 Å². The van der Waals surface area contributed by atoms with Gasteiger partial charge in [0.25, 0.3) is 0 Å². The standard InChI is InChI=1S/C12H24B2O4.C11H16BNO3.C5H4BrNO/c1-9(2)10(3,4)16-13(15-9)14-17-11(5,6)12(7,8)18-14;1-10(2)11(3,4)16-12(15-10)8-5-6-13-9(14)7-8;6-4-1-2-7-5(8)3-4/h1-8H3;5-7H,1-4H3,(H,13,14);1-3H,(H,7,8). The molecule has 0 amide bonds. The highest BCUT2D eigenvalue weighted by atomic mass is 79.9. The molecule has 0 spiro atoms. The van der Waals surface area contributed by atoms with E-state index in [1.807, 2.05) is 83.1 Å². The molecule has 3 aliphatic heterocycles. The maximum Gasteiger partial charge on any atom is 0.495 e. The lowest BCUT2D eigenvalue weighted by Crippen LogP contribution is -2.41. The summed E-state index contributed by atoms with van der Waals surface area (Å²) >= 11 is 3.14. The van der Waals surface area contributed by atoms with Crippen molar-refractivity contribution in [2.75, 3.05) is 0 Å². The second-order valence-corrected chi connectivity index (χ2v) is 14.6. The van der Waals surface area contributed by atoms with E-state index in [9.17, 15) is 9.59 Å². The first-order chi connectivity index (χ1) is 19.0. The van der Waals surface area contributed by atoms with Gasteiger partial charge in [0.1, 0.15) is 0 Å². The maximum atomic E-state index is 11.2. The molecular formula is C28H44B3BrN2O8. The summed E-state index contributed by atoms with van der Waals surface area (Å²) in [6.07, 6.45) is 3.19. The fourth-order valence-corrected chi connectivity index (χ4v) is 4.34.